The van der Waals surface area contributed by atoms with Gasteiger partial charge in [0.15, 0.2) is 6.61 Å². The number of aromatic hydroxyl groups is 1. The molecule has 2 atom stereocenters. The zero-order valence-electron chi connectivity index (χ0n) is 15.7. The van der Waals surface area contributed by atoms with E-state index >= 15 is 0 Å². The summed E-state index contributed by atoms with van der Waals surface area (Å²) in [6.07, 6.45) is 0.148. The van der Waals surface area contributed by atoms with E-state index in [0.29, 0.717) is 18.9 Å². The molecule has 2 unspecified atom stereocenters. The second-order valence-electron chi connectivity index (χ2n) is 6.27. The molecule has 0 aliphatic carbocycles. The maximum absolute atomic E-state index is 11.3. The van der Waals surface area contributed by atoms with Crippen molar-refractivity contribution in [1.82, 2.24) is 5.32 Å². The van der Waals surface area contributed by atoms with Crippen LogP contribution in [0.2, 0.25) is 0 Å². The molecule has 0 aromatic heterocycles. The molecule has 0 saturated carbocycles. The van der Waals surface area contributed by atoms with E-state index in [2.05, 4.69) is 5.32 Å². The van der Waals surface area contributed by atoms with Crippen molar-refractivity contribution in [3.05, 3.63) is 59.7 Å². The lowest BCUT2D eigenvalue weighted by Crippen LogP contribution is -2.33. The van der Waals surface area contributed by atoms with E-state index in [1.54, 1.807) is 31.2 Å². The number of benzene rings is 2. The van der Waals surface area contributed by atoms with E-state index in [4.69, 9.17) is 9.47 Å². The first-order valence-electron chi connectivity index (χ1n) is 9.07. The fourth-order valence-electron chi connectivity index (χ4n) is 2.61. The van der Waals surface area contributed by atoms with Gasteiger partial charge in [-0.3, -0.25) is 0 Å². The second-order valence-corrected chi connectivity index (χ2v) is 6.27. The number of ether oxygens (including phenoxy) is 2. The van der Waals surface area contributed by atoms with Gasteiger partial charge in [-0.25, -0.2) is 4.79 Å². The molecule has 2 aromatic rings. The van der Waals surface area contributed by atoms with Gasteiger partial charge in [0.2, 0.25) is 0 Å². The largest absolute Gasteiger partial charge is 0.508 e. The summed E-state index contributed by atoms with van der Waals surface area (Å²) in [6, 6.07) is 14.0. The molecule has 0 bridgehead atoms. The van der Waals surface area contributed by atoms with Crippen LogP contribution in [0, 0.1) is 0 Å². The first-order valence-corrected chi connectivity index (χ1v) is 9.07. The molecule has 2 aromatic carbocycles. The highest BCUT2D eigenvalue weighted by molar-refractivity contribution is 5.71. The zero-order chi connectivity index (χ0) is 19.6. The third kappa shape index (κ3) is 6.92. The van der Waals surface area contributed by atoms with Crippen LogP contribution in [0.5, 0.6) is 11.5 Å². The lowest BCUT2D eigenvalue weighted by atomic mass is 10.0. The molecule has 0 aliphatic heterocycles. The minimum Gasteiger partial charge on any atom is -0.508 e. The predicted molar refractivity (Wildman–Crippen MR) is 103 cm³/mol. The number of phenols is 1. The van der Waals surface area contributed by atoms with Crippen LogP contribution < -0.4 is 10.1 Å². The quantitative estimate of drug-likeness (QED) is 0.555. The number of carbonyl (C=O) groups excluding carboxylic acids is 1. The predicted octanol–water partition coefficient (Wildman–Crippen LogP) is 2.59. The van der Waals surface area contributed by atoms with Crippen LogP contribution in [0.1, 0.15) is 31.1 Å². The summed E-state index contributed by atoms with van der Waals surface area (Å²) in [5.41, 5.74) is 1.88. The van der Waals surface area contributed by atoms with Crippen LogP contribution in [-0.4, -0.2) is 42.0 Å². The van der Waals surface area contributed by atoms with Gasteiger partial charge in [-0.15, -0.1) is 0 Å². The fourth-order valence-corrected chi connectivity index (χ4v) is 2.61. The minimum absolute atomic E-state index is 0.0958. The molecule has 0 aliphatic rings. The van der Waals surface area contributed by atoms with Crippen molar-refractivity contribution in [2.45, 2.75) is 32.4 Å². The first-order chi connectivity index (χ1) is 13.0. The summed E-state index contributed by atoms with van der Waals surface area (Å²) in [5, 5.41) is 23.0. The van der Waals surface area contributed by atoms with Gasteiger partial charge in [0.25, 0.3) is 0 Å². The molecular formula is C21H27NO5. The van der Waals surface area contributed by atoms with E-state index in [1.807, 2.05) is 31.2 Å². The number of aliphatic hydroxyl groups excluding tert-OH is 1. The summed E-state index contributed by atoms with van der Waals surface area (Å²) in [4.78, 5) is 11.3. The molecular weight excluding hydrogens is 346 g/mol. The molecule has 0 amide bonds. The highest BCUT2D eigenvalue weighted by atomic mass is 16.6. The Balaban J connectivity index is 1.74. The van der Waals surface area contributed by atoms with Crippen LogP contribution in [0.15, 0.2) is 48.5 Å². The molecule has 6 heteroatoms. The average molecular weight is 373 g/mol. The fraction of sp³-hybridized carbons (Fsp3) is 0.381. The summed E-state index contributed by atoms with van der Waals surface area (Å²) in [5.74, 6) is 0.420. The molecule has 0 fully saturated rings. The van der Waals surface area contributed by atoms with Crippen LogP contribution in [0.3, 0.4) is 0 Å². The molecule has 2 rings (SSSR count). The van der Waals surface area contributed by atoms with Crippen molar-refractivity contribution in [3.8, 4) is 11.5 Å². The molecule has 0 saturated heterocycles. The van der Waals surface area contributed by atoms with E-state index < -0.39 is 6.10 Å². The Morgan fingerprint density at radius 3 is 2.41 bits per heavy atom. The van der Waals surface area contributed by atoms with Crippen molar-refractivity contribution in [3.63, 3.8) is 0 Å². The lowest BCUT2D eigenvalue weighted by Gasteiger charge is -2.20. The Morgan fingerprint density at radius 1 is 1.11 bits per heavy atom. The molecule has 0 heterocycles. The van der Waals surface area contributed by atoms with Crippen LogP contribution in [0.25, 0.3) is 0 Å². The van der Waals surface area contributed by atoms with Gasteiger partial charge in [-0.2, -0.15) is 0 Å². The third-order valence-electron chi connectivity index (χ3n) is 4.17. The normalized spacial score (nSPS) is 13.0. The minimum atomic E-state index is -0.649. The summed E-state index contributed by atoms with van der Waals surface area (Å²) in [7, 11) is 0. The summed E-state index contributed by atoms with van der Waals surface area (Å²) < 4.78 is 10.2. The Bertz CT molecular complexity index is 700. The number of hydrogen-bond acceptors (Lipinski definition) is 6. The highest BCUT2D eigenvalue weighted by Gasteiger charge is 2.15. The average Bonchev–Trinajstić information content (AvgIpc) is 2.67. The van der Waals surface area contributed by atoms with Gasteiger partial charge < -0.3 is 25.0 Å². The molecule has 6 nitrogen and oxygen atoms in total. The van der Waals surface area contributed by atoms with Gasteiger partial charge in [0.05, 0.1) is 12.7 Å². The van der Waals surface area contributed by atoms with E-state index in [9.17, 15) is 15.0 Å². The molecule has 27 heavy (non-hydrogen) atoms. The van der Waals surface area contributed by atoms with Gasteiger partial charge in [0.1, 0.15) is 11.5 Å². The SMILES string of the molecule is CCOC(=O)COc1ccc(CCNC(C)C(O)c2ccc(O)cc2)cc1. The number of nitrogens with one attached hydrogen (secondary N) is 1. The van der Waals surface area contributed by atoms with Crippen molar-refractivity contribution in [2.75, 3.05) is 19.8 Å². The number of hydrogen-bond donors (Lipinski definition) is 3. The maximum atomic E-state index is 11.3. The molecule has 0 radical (unpaired) electrons. The number of rotatable bonds is 10. The van der Waals surface area contributed by atoms with Crippen molar-refractivity contribution < 1.29 is 24.5 Å². The Hall–Kier alpha value is -2.57. The Kier molecular flexibility index (Phi) is 8.10. The van der Waals surface area contributed by atoms with Gasteiger partial charge >= 0.3 is 5.97 Å². The Labute approximate surface area is 159 Å². The van der Waals surface area contributed by atoms with Gasteiger partial charge in [-0.05, 0) is 62.2 Å². The molecule has 3 N–H and O–H groups in total. The Morgan fingerprint density at radius 2 is 1.78 bits per heavy atom. The van der Waals surface area contributed by atoms with Crippen LogP contribution >= 0.6 is 0 Å². The monoisotopic (exact) mass is 373 g/mol. The lowest BCUT2D eigenvalue weighted by molar-refractivity contribution is -0.145. The number of carbonyl (C=O) groups is 1. The van der Waals surface area contributed by atoms with Gasteiger partial charge in [-0.1, -0.05) is 24.3 Å². The van der Waals surface area contributed by atoms with Gasteiger partial charge in [0, 0.05) is 6.04 Å². The first kappa shape index (κ1) is 20.7. The topological polar surface area (TPSA) is 88.0 Å². The van der Waals surface area contributed by atoms with E-state index in [-0.39, 0.29) is 24.4 Å². The van der Waals surface area contributed by atoms with E-state index in [1.165, 1.54) is 0 Å². The smallest absolute Gasteiger partial charge is 0.344 e. The third-order valence-corrected chi connectivity index (χ3v) is 4.17. The number of esters is 1. The van der Waals surface area contributed by atoms with Crippen molar-refractivity contribution in [1.29, 1.82) is 0 Å². The summed E-state index contributed by atoms with van der Waals surface area (Å²) >= 11 is 0. The summed E-state index contributed by atoms with van der Waals surface area (Å²) in [6.45, 7) is 4.63. The zero-order valence-corrected chi connectivity index (χ0v) is 15.7. The number of aliphatic hydroxyl groups is 1. The van der Waals surface area contributed by atoms with Crippen LogP contribution in [-0.2, 0) is 16.0 Å². The highest BCUT2D eigenvalue weighted by Crippen LogP contribution is 2.19. The maximum Gasteiger partial charge on any atom is 0.344 e. The van der Waals surface area contributed by atoms with E-state index in [0.717, 1.165) is 17.5 Å². The molecule has 0 spiro atoms. The standard InChI is InChI=1S/C21H27NO5/c1-3-26-20(24)14-27-19-10-4-16(5-11-19)12-13-22-15(2)21(25)17-6-8-18(23)9-7-17/h4-11,15,21-23,25H,3,12-14H2,1-2H3. The van der Waals surface area contributed by atoms with Crippen molar-refractivity contribution >= 4 is 5.97 Å². The number of phenolic OH excluding ortho intramolecular Hbond substituents is 1. The molecule has 146 valence electrons. The van der Waals surface area contributed by atoms with Crippen molar-refractivity contribution in [2.24, 2.45) is 0 Å². The van der Waals surface area contributed by atoms with Crippen LogP contribution in [0.4, 0.5) is 0 Å². The second kappa shape index (κ2) is 10.5.